The van der Waals surface area contributed by atoms with Gasteiger partial charge in [-0.1, -0.05) is 28.9 Å². The Bertz CT molecular complexity index is 799. The highest BCUT2D eigenvalue weighted by molar-refractivity contribution is 6.30. The average Bonchev–Trinajstić information content (AvgIpc) is 3.20. The maximum absolute atomic E-state index is 12.6. The minimum atomic E-state index is -0.303. The maximum atomic E-state index is 12.6. The van der Waals surface area contributed by atoms with E-state index in [1.807, 2.05) is 18.2 Å². The van der Waals surface area contributed by atoms with Crippen molar-refractivity contribution in [2.45, 2.75) is 44.2 Å². The van der Waals surface area contributed by atoms with Crippen molar-refractivity contribution in [3.05, 3.63) is 52.4 Å². The van der Waals surface area contributed by atoms with Crippen molar-refractivity contribution in [2.24, 2.45) is 0 Å². The summed E-state index contributed by atoms with van der Waals surface area (Å²) in [5, 5.41) is 14.6. The first kappa shape index (κ1) is 19.4. The van der Waals surface area contributed by atoms with E-state index < -0.39 is 0 Å². The fraction of sp³-hybridized carbons (Fsp3) is 0.524. The number of aliphatic hydroxyl groups is 1. The number of halogens is 1. The Balaban J connectivity index is 1.37. The molecule has 2 fully saturated rings. The van der Waals surface area contributed by atoms with Gasteiger partial charge in [0.15, 0.2) is 0 Å². The Kier molecular flexibility index (Phi) is 5.99. The first-order valence-electron chi connectivity index (χ1n) is 9.99. The number of amides is 1. The van der Waals surface area contributed by atoms with Crippen molar-refractivity contribution in [3.8, 4) is 0 Å². The summed E-state index contributed by atoms with van der Waals surface area (Å²) in [6.07, 6.45) is 3.08. The fourth-order valence-electron chi connectivity index (χ4n) is 4.10. The van der Waals surface area contributed by atoms with Crippen molar-refractivity contribution in [1.82, 2.24) is 15.0 Å². The average molecular weight is 404 g/mol. The number of rotatable bonds is 4. The molecule has 1 N–H and O–H groups in total. The molecule has 1 atom stereocenters. The van der Waals surface area contributed by atoms with Crippen molar-refractivity contribution < 1.29 is 14.4 Å². The number of hydrogen-bond acceptors (Lipinski definition) is 5. The van der Waals surface area contributed by atoms with E-state index >= 15 is 0 Å². The van der Waals surface area contributed by atoms with E-state index in [0.717, 1.165) is 43.2 Å². The van der Waals surface area contributed by atoms with E-state index in [2.05, 4.69) is 22.2 Å². The first-order chi connectivity index (χ1) is 13.6. The van der Waals surface area contributed by atoms with Crippen LogP contribution >= 0.6 is 11.6 Å². The molecule has 7 heteroatoms. The van der Waals surface area contributed by atoms with Gasteiger partial charge in [-0.15, -0.1) is 0 Å². The summed E-state index contributed by atoms with van der Waals surface area (Å²) in [4.78, 5) is 16.8. The van der Waals surface area contributed by atoms with E-state index in [4.69, 9.17) is 16.1 Å². The summed E-state index contributed by atoms with van der Waals surface area (Å²) in [6.45, 7) is 3.97. The third-order valence-corrected chi connectivity index (χ3v) is 5.99. The van der Waals surface area contributed by atoms with Gasteiger partial charge in [0, 0.05) is 43.2 Å². The quantitative estimate of drug-likeness (QED) is 0.848. The Morgan fingerprint density at radius 2 is 1.93 bits per heavy atom. The zero-order valence-corrected chi connectivity index (χ0v) is 16.6. The molecule has 0 bridgehead atoms. The Morgan fingerprint density at radius 3 is 2.68 bits per heavy atom. The second-order valence-corrected chi connectivity index (χ2v) is 8.28. The van der Waals surface area contributed by atoms with Crippen LogP contribution in [-0.4, -0.2) is 58.3 Å². The third-order valence-electron chi connectivity index (χ3n) is 5.73. The van der Waals surface area contributed by atoms with Gasteiger partial charge in [0.1, 0.15) is 0 Å². The summed E-state index contributed by atoms with van der Waals surface area (Å²) >= 11 is 5.97. The Hall–Kier alpha value is -1.89. The van der Waals surface area contributed by atoms with Crippen molar-refractivity contribution in [3.63, 3.8) is 0 Å². The molecule has 150 valence electrons. The molecule has 1 aromatic heterocycles. The molecule has 1 aromatic carbocycles. The van der Waals surface area contributed by atoms with Crippen LogP contribution in [0.25, 0.3) is 0 Å². The Morgan fingerprint density at radius 1 is 1.18 bits per heavy atom. The minimum absolute atomic E-state index is 0.125. The van der Waals surface area contributed by atoms with Crippen molar-refractivity contribution in [2.75, 3.05) is 26.2 Å². The molecular weight excluding hydrogens is 378 g/mol. The number of carbonyl (C=O) groups excluding carboxylic acids is 1. The van der Waals surface area contributed by atoms with Crippen LogP contribution in [0.3, 0.4) is 0 Å². The lowest BCUT2D eigenvalue weighted by Crippen LogP contribution is -2.39. The molecule has 2 saturated heterocycles. The molecule has 0 spiro atoms. The lowest BCUT2D eigenvalue weighted by Gasteiger charge is -2.31. The second-order valence-electron chi connectivity index (χ2n) is 7.84. The molecule has 2 aliphatic rings. The van der Waals surface area contributed by atoms with Gasteiger partial charge in [-0.2, -0.15) is 0 Å². The third kappa shape index (κ3) is 4.57. The number of likely N-dealkylation sites (tertiary alicyclic amines) is 2. The Labute approximate surface area is 170 Å². The highest BCUT2D eigenvalue weighted by atomic mass is 35.5. The zero-order chi connectivity index (χ0) is 19.5. The van der Waals surface area contributed by atoms with Gasteiger partial charge in [-0.25, -0.2) is 0 Å². The molecule has 0 saturated carbocycles. The van der Waals surface area contributed by atoms with E-state index in [0.29, 0.717) is 31.7 Å². The molecule has 3 heterocycles. The molecule has 4 rings (SSSR count). The fourth-order valence-corrected chi connectivity index (χ4v) is 4.22. The number of aliphatic hydroxyl groups excluding tert-OH is 1. The standard InChI is InChI=1S/C21H26ClN3O3/c22-17-5-3-15(4-6-17)13-24-9-1-2-16(14-24)19-12-20(28-23-19)21(27)25-10-7-18(26)8-11-25/h3-6,12,16,18,26H,1-2,7-11,13-14H2. The summed E-state index contributed by atoms with van der Waals surface area (Å²) in [5.74, 6) is 0.454. The summed E-state index contributed by atoms with van der Waals surface area (Å²) in [5.41, 5.74) is 2.11. The topological polar surface area (TPSA) is 69.8 Å². The summed E-state index contributed by atoms with van der Waals surface area (Å²) in [6, 6.07) is 9.79. The smallest absolute Gasteiger partial charge is 0.292 e. The van der Waals surface area contributed by atoms with Crippen LogP contribution in [0.15, 0.2) is 34.9 Å². The van der Waals surface area contributed by atoms with Gasteiger partial charge in [0.25, 0.3) is 5.91 Å². The molecule has 6 nitrogen and oxygen atoms in total. The molecule has 2 aromatic rings. The van der Waals surface area contributed by atoms with Gasteiger partial charge < -0.3 is 14.5 Å². The van der Waals surface area contributed by atoms with Crippen molar-refractivity contribution in [1.29, 1.82) is 0 Å². The number of hydrogen-bond donors (Lipinski definition) is 1. The first-order valence-corrected chi connectivity index (χ1v) is 10.4. The predicted octanol–water partition coefficient (Wildman–Crippen LogP) is 3.30. The lowest BCUT2D eigenvalue weighted by molar-refractivity contribution is 0.0512. The molecular formula is C21H26ClN3O3. The van der Waals surface area contributed by atoms with Crippen molar-refractivity contribution >= 4 is 17.5 Å². The number of benzene rings is 1. The highest BCUT2D eigenvalue weighted by Gasteiger charge is 2.28. The molecule has 2 aliphatic heterocycles. The van der Waals surface area contributed by atoms with Crippen LogP contribution in [0.4, 0.5) is 0 Å². The van der Waals surface area contributed by atoms with Crippen LogP contribution in [-0.2, 0) is 6.54 Å². The number of carbonyl (C=O) groups is 1. The normalized spacial score (nSPS) is 21.8. The zero-order valence-electron chi connectivity index (χ0n) is 15.9. The SMILES string of the molecule is O=C(c1cc(C2CCCN(Cc3ccc(Cl)cc3)C2)no1)N1CCC(O)CC1. The number of aromatic nitrogens is 1. The largest absolute Gasteiger partial charge is 0.393 e. The lowest BCUT2D eigenvalue weighted by atomic mass is 9.94. The highest BCUT2D eigenvalue weighted by Crippen LogP contribution is 2.28. The van der Waals surface area contributed by atoms with Gasteiger partial charge in [-0.3, -0.25) is 9.69 Å². The summed E-state index contributed by atoms with van der Waals surface area (Å²) < 4.78 is 5.39. The van der Waals surface area contributed by atoms with Gasteiger partial charge in [-0.05, 0) is 49.9 Å². The molecule has 0 radical (unpaired) electrons. The second kappa shape index (κ2) is 8.64. The minimum Gasteiger partial charge on any atom is -0.393 e. The van der Waals surface area contributed by atoms with E-state index in [-0.39, 0.29) is 17.9 Å². The van der Waals surface area contributed by atoms with E-state index in [1.54, 1.807) is 4.90 Å². The van der Waals surface area contributed by atoms with E-state index in [1.165, 1.54) is 5.56 Å². The molecule has 28 heavy (non-hydrogen) atoms. The van der Waals surface area contributed by atoms with Crippen LogP contribution in [0.2, 0.25) is 5.02 Å². The van der Waals surface area contributed by atoms with Gasteiger partial charge >= 0.3 is 0 Å². The van der Waals surface area contributed by atoms with Crippen LogP contribution in [0.5, 0.6) is 0 Å². The molecule has 0 aliphatic carbocycles. The summed E-state index contributed by atoms with van der Waals surface area (Å²) in [7, 11) is 0. The van der Waals surface area contributed by atoms with Crippen LogP contribution < -0.4 is 0 Å². The van der Waals surface area contributed by atoms with Crippen LogP contribution in [0.1, 0.15) is 53.4 Å². The maximum Gasteiger partial charge on any atom is 0.292 e. The predicted molar refractivity (Wildman–Crippen MR) is 106 cm³/mol. The van der Waals surface area contributed by atoms with Gasteiger partial charge in [0.05, 0.1) is 11.8 Å². The number of piperidine rings is 2. The van der Waals surface area contributed by atoms with E-state index in [9.17, 15) is 9.90 Å². The molecule has 1 unspecified atom stereocenters. The monoisotopic (exact) mass is 403 g/mol. The number of nitrogens with zero attached hydrogens (tertiary/aromatic N) is 3. The molecule has 1 amide bonds. The van der Waals surface area contributed by atoms with Crippen LogP contribution in [0, 0.1) is 0 Å². The van der Waals surface area contributed by atoms with Gasteiger partial charge in [0.2, 0.25) is 5.76 Å².